The molecule has 3 aliphatic rings. The van der Waals surface area contributed by atoms with E-state index in [2.05, 4.69) is 35.7 Å². The number of rotatable bonds is 6. The van der Waals surface area contributed by atoms with Crippen LogP contribution in [-0.2, 0) is 0 Å². The van der Waals surface area contributed by atoms with Crippen molar-refractivity contribution in [3.8, 4) is 34.5 Å². The van der Waals surface area contributed by atoms with E-state index in [1.54, 1.807) is 74.8 Å². The predicted molar refractivity (Wildman–Crippen MR) is 189 cm³/mol. The first-order chi connectivity index (χ1) is 21.7. The van der Waals surface area contributed by atoms with Crippen LogP contribution >= 0.6 is 35.3 Å². The molecule has 0 amide bonds. The lowest BCUT2D eigenvalue weighted by molar-refractivity contribution is 0.373. The Balaban J connectivity index is 0.000000154. The Morgan fingerprint density at radius 2 is 0.778 bits per heavy atom. The number of aromatic hydroxyl groups is 3. The molecule has 3 atom stereocenters. The van der Waals surface area contributed by atoms with Gasteiger partial charge in [-0.1, -0.05) is 18.2 Å². The number of phenolic OH excluding ortho intramolecular Hbond substituents is 3. The maximum atomic E-state index is 9.92. The second kappa shape index (κ2) is 16.2. The van der Waals surface area contributed by atoms with E-state index in [0.29, 0.717) is 35.4 Å². The van der Waals surface area contributed by atoms with E-state index in [9.17, 15) is 15.3 Å². The predicted octanol–water partition coefficient (Wildman–Crippen LogP) is 6.85. The van der Waals surface area contributed by atoms with E-state index < -0.39 is 0 Å². The molecule has 6 rings (SSSR count). The van der Waals surface area contributed by atoms with Crippen LogP contribution in [0.25, 0.3) is 0 Å². The number of aliphatic imine (C=N–C) groups is 3. The average molecular weight is 670 g/mol. The largest absolute Gasteiger partial charge is 0.504 e. The van der Waals surface area contributed by atoms with Gasteiger partial charge < -0.3 is 29.5 Å². The lowest BCUT2D eigenvalue weighted by atomic mass is 10.2. The summed E-state index contributed by atoms with van der Waals surface area (Å²) in [6, 6.07) is 17.4. The zero-order valence-electron chi connectivity index (χ0n) is 26.2. The molecule has 3 aromatic rings. The maximum absolute atomic E-state index is 9.92. The van der Waals surface area contributed by atoms with E-state index in [0.717, 1.165) is 49.1 Å². The van der Waals surface area contributed by atoms with Gasteiger partial charge in [-0.05, 0) is 57.2 Å². The lowest BCUT2D eigenvalue weighted by Gasteiger charge is -2.07. The Morgan fingerprint density at radius 1 is 0.511 bits per heavy atom. The zero-order chi connectivity index (χ0) is 32.5. The fourth-order valence-electron chi connectivity index (χ4n) is 4.44. The minimum absolute atomic E-state index is 0.181. The van der Waals surface area contributed by atoms with Crippen LogP contribution in [0.1, 0.15) is 37.5 Å². The van der Waals surface area contributed by atoms with Crippen molar-refractivity contribution in [3.05, 3.63) is 71.3 Å². The topological polar surface area (TPSA) is 125 Å². The monoisotopic (exact) mass is 669 g/mol. The van der Waals surface area contributed by atoms with Crippen LogP contribution in [0, 0.1) is 0 Å². The Morgan fingerprint density at radius 3 is 0.978 bits per heavy atom. The fraction of sp³-hybridized carbons (Fsp3) is 0.364. The van der Waals surface area contributed by atoms with Crippen molar-refractivity contribution in [1.82, 2.24) is 0 Å². The summed E-state index contributed by atoms with van der Waals surface area (Å²) in [5.74, 6) is 4.96. The zero-order valence-corrected chi connectivity index (χ0v) is 28.6. The first kappa shape index (κ1) is 34.4. The molecule has 3 aliphatic heterocycles. The molecule has 0 saturated carbocycles. The van der Waals surface area contributed by atoms with Gasteiger partial charge in [-0.3, -0.25) is 15.0 Å². The van der Waals surface area contributed by atoms with Gasteiger partial charge in [0.1, 0.15) is 15.1 Å². The Labute approximate surface area is 277 Å². The van der Waals surface area contributed by atoms with Crippen LogP contribution < -0.4 is 14.2 Å². The number of para-hydroxylation sites is 3. The van der Waals surface area contributed by atoms with Crippen molar-refractivity contribution in [2.24, 2.45) is 15.0 Å². The van der Waals surface area contributed by atoms with Gasteiger partial charge in [-0.25, -0.2) is 0 Å². The number of thioether (sulfide) groups is 3. The molecule has 0 aliphatic carbocycles. The summed E-state index contributed by atoms with van der Waals surface area (Å²) in [6.45, 7) is 6.20. The van der Waals surface area contributed by atoms with Crippen LogP contribution in [0.2, 0.25) is 0 Å². The van der Waals surface area contributed by atoms with Crippen LogP contribution in [0.15, 0.2) is 69.6 Å². The van der Waals surface area contributed by atoms with Crippen LogP contribution in [0.3, 0.4) is 0 Å². The minimum atomic E-state index is 0.181. The highest BCUT2D eigenvalue weighted by molar-refractivity contribution is 8.15. The van der Waals surface area contributed by atoms with E-state index in [1.165, 1.54) is 0 Å². The van der Waals surface area contributed by atoms with Crippen LogP contribution in [0.4, 0.5) is 0 Å². The first-order valence-electron chi connectivity index (χ1n) is 14.4. The molecule has 0 spiro atoms. The normalized spacial score (nSPS) is 20.1. The third-order valence-corrected chi connectivity index (χ3v) is 10.5. The molecule has 240 valence electrons. The highest BCUT2D eigenvalue weighted by Crippen LogP contribution is 2.37. The van der Waals surface area contributed by atoms with Gasteiger partial charge in [0.15, 0.2) is 34.5 Å². The number of ether oxygens (including phenoxy) is 3. The molecular formula is C33H39N3O6S3. The standard InChI is InChI=1S/3C11H13NO2S/c3*1-7-6-15-11(12-7)8-4-3-5-9(14-2)10(8)13/h3*3-5,7,13H,6H2,1-2H3/t3*7-/m000/s1. The van der Waals surface area contributed by atoms with E-state index in [1.807, 2.05) is 36.4 Å². The summed E-state index contributed by atoms with van der Waals surface area (Å²) in [5, 5.41) is 32.5. The first-order valence-corrected chi connectivity index (χ1v) is 17.3. The van der Waals surface area contributed by atoms with Crippen LogP contribution in [-0.4, -0.2) is 87.2 Å². The molecule has 3 N–H and O–H groups in total. The van der Waals surface area contributed by atoms with Gasteiger partial charge in [-0.2, -0.15) is 0 Å². The van der Waals surface area contributed by atoms with Crippen molar-refractivity contribution < 1.29 is 29.5 Å². The number of phenols is 3. The highest BCUT2D eigenvalue weighted by Gasteiger charge is 2.22. The Hall–Kier alpha value is -3.48. The van der Waals surface area contributed by atoms with Gasteiger partial charge in [0.05, 0.1) is 56.1 Å². The quantitative estimate of drug-likeness (QED) is 0.259. The molecule has 0 radical (unpaired) electrons. The summed E-state index contributed by atoms with van der Waals surface area (Å²) in [4.78, 5) is 13.4. The third kappa shape index (κ3) is 8.62. The molecule has 9 nitrogen and oxygen atoms in total. The van der Waals surface area contributed by atoms with Crippen molar-refractivity contribution >= 4 is 50.4 Å². The number of benzene rings is 3. The van der Waals surface area contributed by atoms with Gasteiger partial charge in [0.2, 0.25) is 0 Å². The average Bonchev–Trinajstić information content (AvgIpc) is 3.79. The number of nitrogens with zero attached hydrogens (tertiary/aromatic N) is 3. The van der Waals surface area contributed by atoms with E-state index in [-0.39, 0.29) is 17.2 Å². The molecule has 0 saturated heterocycles. The second-order valence-corrected chi connectivity index (χ2v) is 13.4. The van der Waals surface area contributed by atoms with Crippen molar-refractivity contribution in [2.75, 3.05) is 38.6 Å². The SMILES string of the molecule is COc1cccc(C2=N[C@@H](C)CS2)c1O.COc1cccc(C2=N[C@@H](C)CS2)c1O.COc1cccc(C2=N[C@@H](C)CS2)c1O. The Bertz CT molecular complexity index is 1390. The Kier molecular flexibility index (Phi) is 12.4. The van der Waals surface area contributed by atoms with E-state index in [4.69, 9.17) is 14.2 Å². The molecule has 0 unspecified atom stereocenters. The van der Waals surface area contributed by atoms with Crippen molar-refractivity contribution in [1.29, 1.82) is 0 Å². The van der Waals surface area contributed by atoms with Gasteiger partial charge in [0.25, 0.3) is 0 Å². The van der Waals surface area contributed by atoms with Gasteiger partial charge in [-0.15, -0.1) is 35.3 Å². The smallest absolute Gasteiger partial charge is 0.167 e. The number of hydrogen-bond acceptors (Lipinski definition) is 12. The number of methoxy groups -OCH3 is 3. The summed E-state index contributed by atoms with van der Waals surface area (Å²) in [6.07, 6.45) is 0. The molecule has 0 bridgehead atoms. The van der Waals surface area contributed by atoms with Gasteiger partial charge >= 0.3 is 0 Å². The fourth-order valence-corrected chi connectivity index (χ4v) is 7.59. The van der Waals surface area contributed by atoms with Gasteiger partial charge in [0, 0.05) is 17.3 Å². The molecule has 0 fully saturated rings. The van der Waals surface area contributed by atoms with Crippen molar-refractivity contribution in [3.63, 3.8) is 0 Å². The molecule has 45 heavy (non-hydrogen) atoms. The van der Waals surface area contributed by atoms with E-state index >= 15 is 0 Å². The second-order valence-electron chi connectivity index (χ2n) is 10.4. The highest BCUT2D eigenvalue weighted by atomic mass is 32.2. The molecule has 3 aromatic carbocycles. The summed E-state index contributed by atoms with van der Waals surface area (Å²) in [7, 11) is 4.64. The molecular weight excluding hydrogens is 631 g/mol. The van der Waals surface area contributed by atoms with Crippen molar-refractivity contribution in [2.45, 2.75) is 38.9 Å². The number of hydrogen-bond donors (Lipinski definition) is 3. The maximum Gasteiger partial charge on any atom is 0.167 e. The molecule has 12 heteroatoms. The molecule has 3 heterocycles. The lowest BCUT2D eigenvalue weighted by Crippen LogP contribution is -1.95. The third-order valence-electron chi connectivity index (χ3n) is 6.74. The molecule has 0 aromatic heterocycles. The summed E-state index contributed by atoms with van der Waals surface area (Å²) in [5.41, 5.74) is 2.30. The summed E-state index contributed by atoms with van der Waals surface area (Å²) >= 11 is 5.01. The summed E-state index contributed by atoms with van der Waals surface area (Å²) < 4.78 is 15.2. The van der Waals surface area contributed by atoms with Crippen LogP contribution in [0.5, 0.6) is 34.5 Å². The minimum Gasteiger partial charge on any atom is -0.504 e.